The van der Waals surface area contributed by atoms with Crippen molar-refractivity contribution in [2.75, 3.05) is 40.9 Å². The summed E-state index contributed by atoms with van der Waals surface area (Å²) in [4.78, 5) is 37.6. The van der Waals surface area contributed by atoms with Crippen molar-refractivity contribution >= 4 is 19.7 Å². The Morgan fingerprint density at radius 3 is 1.34 bits per heavy atom. The number of carbonyl (C=O) groups excluding carboxylic acids is 2. The van der Waals surface area contributed by atoms with Gasteiger partial charge in [-0.15, -0.1) is 0 Å². The van der Waals surface area contributed by atoms with Crippen molar-refractivity contribution in [3.63, 3.8) is 0 Å². The SMILES string of the molecule is CC/C=C\C/C=C\C/C=C\C/C=C\C/C=C\CCCCCC(=O)OC(/C=C/CCCCCCCCCCCC)C(COP(=O)(O)OCC[N+](C)(C)C)NC(=O)CCCCCCC/C=C/CCCCCCCCC. The van der Waals surface area contributed by atoms with Gasteiger partial charge in [0.25, 0.3) is 0 Å². The standard InChI is InChI=1S/C63H113N2O7P/c1-7-10-13-16-19-22-25-28-30-32-33-34-36-38-41-44-47-50-53-56-63(67)72-61(54-51-48-45-42-39-27-24-21-18-15-12-9-3)60(59-71-73(68,69)70-58-57-65(4,5)6)64-62(66)55-52-49-46-43-40-37-35-31-29-26-23-20-17-14-11-8-2/h10,13,19,22,28,30-31,33-35,38,41,51,54,60-61H,7-9,11-12,14-18,20-21,23-27,29,32,36-37,39-40,42-50,52-53,55-59H2,1-6H3,(H-,64,66,68,69)/p+1/b13-10-,22-19-,30-28-,34-33-,35-31+,41-38-,54-51+. The Labute approximate surface area is 450 Å². The highest BCUT2D eigenvalue weighted by atomic mass is 31.2. The molecule has 422 valence electrons. The minimum Gasteiger partial charge on any atom is -0.456 e. The zero-order chi connectivity index (χ0) is 53.6. The van der Waals surface area contributed by atoms with E-state index in [-0.39, 0.29) is 31.5 Å². The number of nitrogens with one attached hydrogen (secondary N) is 1. The number of quaternary nitrogens is 1. The van der Waals surface area contributed by atoms with Crippen LogP contribution in [0.4, 0.5) is 0 Å². The van der Waals surface area contributed by atoms with Crippen LogP contribution in [0.2, 0.25) is 0 Å². The molecule has 0 saturated heterocycles. The molecule has 0 aliphatic heterocycles. The van der Waals surface area contributed by atoms with Crippen LogP contribution >= 0.6 is 7.82 Å². The van der Waals surface area contributed by atoms with Crippen molar-refractivity contribution in [1.29, 1.82) is 0 Å². The van der Waals surface area contributed by atoms with Gasteiger partial charge in [-0.2, -0.15) is 0 Å². The van der Waals surface area contributed by atoms with Gasteiger partial charge in [0.15, 0.2) is 0 Å². The van der Waals surface area contributed by atoms with Gasteiger partial charge in [0.05, 0.1) is 33.8 Å². The van der Waals surface area contributed by atoms with Crippen molar-refractivity contribution in [2.24, 2.45) is 0 Å². The Bertz CT molecular complexity index is 1530. The fraction of sp³-hybridized carbons (Fsp3) is 0.746. The quantitative estimate of drug-likeness (QED) is 0.0205. The first-order valence-corrected chi connectivity index (χ1v) is 31.4. The van der Waals surface area contributed by atoms with Gasteiger partial charge in [-0.25, -0.2) is 4.57 Å². The topological polar surface area (TPSA) is 111 Å². The summed E-state index contributed by atoms with van der Waals surface area (Å²) in [6.45, 7) is 6.86. The molecule has 2 N–H and O–H groups in total. The molecular weight excluding hydrogens is 928 g/mol. The maximum atomic E-state index is 13.5. The first kappa shape index (κ1) is 70.2. The first-order valence-electron chi connectivity index (χ1n) is 29.9. The third-order valence-electron chi connectivity index (χ3n) is 12.8. The molecule has 0 heterocycles. The predicted octanol–water partition coefficient (Wildman–Crippen LogP) is 18.2. The monoisotopic (exact) mass is 1040 g/mol. The zero-order valence-electron chi connectivity index (χ0n) is 48.1. The molecule has 0 rings (SSSR count). The van der Waals surface area contributed by atoms with E-state index in [0.29, 0.717) is 23.9 Å². The maximum absolute atomic E-state index is 13.5. The predicted molar refractivity (Wildman–Crippen MR) is 314 cm³/mol. The number of carbonyl (C=O) groups is 2. The van der Waals surface area contributed by atoms with E-state index in [1.54, 1.807) is 0 Å². The molecule has 0 aliphatic rings. The Morgan fingerprint density at radius 2 is 0.877 bits per heavy atom. The van der Waals surface area contributed by atoms with Crippen LogP contribution < -0.4 is 5.32 Å². The molecule has 9 nitrogen and oxygen atoms in total. The molecule has 3 atom stereocenters. The van der Waals surface area contributed by atoms with Gasteiger partial charge in [-0.3, -0.25) is 18.6 Å². The second-order valence-corrected chi connectivity index (χ2v) is 22.6. The first-order chi connectivity index (χ1) is 35.4. The number of hydrogen-bond donors (Lipinski definition) is 2. The number of unbranched alkanes of at least 4 members (excludes halogenated alkanes) is 25. The summed E-state index contributed by atoms with van der Waals surface area (Å²) in [6.07, 6.45) is 68.6. The van der Waals surface area contributed by atoms with Crippen molar-refractivity contribution in [2.45, 2.75) is 264 Å². The lowest BCUT2D eigenvalue weighted by Gasteiger charge is -2.27. The molecule has 0 aliphatic carbocycles. The normalized spacial score (nSPS) is 14.3. The molecule has 0 aromatic carbocycles. The summed E-state index contributed by atoms with van der Waals surface area (Å²) in [5.74, 6) is -0.554. The van der Waals surface area contributed by atoms with E-state index in [1.807, 2.05) is 33.3 Å². The van der Waals surface area contributed by atoms with Gasteiger partial charge in [0.2, 0.25) is 5.91 Å². The third-order valence-corrected chi connectivity index (χ3v) is 13.8. The number of phosphoric acid groups is 1. The number of nitrogens with zero attached hydrogens (tertiary/aromatic N) is 1. The number of phosphoric ester groups is 1. The Morgan fingerprint density at radius 1 is 0.493 bits per heavy atom. The van der Waals surface area contributed by atoms with Crippen LogP contribution in [-0.4, -0.2) is 74.3 Å². The van der Waals surface area contributed by atoms with Crippen LogP contribution in [0.3, 0.4) is 0 Å². The van der Waals surface area contributed by atoms with Gasteiger partial charge >= 0.3 is 13.8 Å². The lowest BCUT2D eigenvalue weighted by molar-refractivity contribution is -0.870. The third kappa shape index (κ3) is 53.8. The van der Waals surface area contributed by atoms with Crippen molar-refractivity contribution in [1.82, 2.24) is 5.32 Å². The fourth-order valence-corrected chi connectivity index (χ4v) is 8.93. The van der Waals surface area contributed by atoms with Gasteiger partial charge < -0.3 is 19.4 Å². The molecule has 0 radical (unpaired) electrons. The van der Waals surface area contributed by atoms with E-state index in [0.717, 1.165) is 109 Å². The maximum Gasteiger partial charge on any atom is 0.472 e. The summed E-state index contributed by atoms with van der Waals surface area (Å²) in [7, 11) is 1.46. The van der Waals surface area contributed by atoms with Gasteiger partial charge in [0.1, 0.15) is 19.3 Å². The Kier molecular flexibility index (Phi) is 50.6. The van der Waals surface area contributed by atoms with Crippen LogP contribution in [0.5, 0.6) is 0 Å². The van der Waals surface area contributed by atoms with E-state index in [9.17, 15) is 19.0 Å². The smallest absolute Gasteiger partial charge is 0.456 e. The Balaban J connectivity index is 5.39. The summed E-state index contributed by atoms with van der Waals surface area (Å²) in [6, 6.07) is -0.869. The molecule has 73 heavy (non-hydrogen) atoms. The van der Waals surface area contributed by atoms with Gasteiger partial charge in [-0.1, -0.05) is 222 Å². The number of esters is 1. The van der Waals surface area contributed by atoms with Crippen LogP contribution in [0, 0.1) is 0 Å². The summed E-state index contributed by atoms with van der Waals surface area (Å²) in [5.41, 5.74) is 0. The molecule has 0 saturated carbocycles. The van der Waals surface area contributed by atoms with E-state index in [4.69, 9.17) is 13.8 Å². The van der Waals surface area contributed by atoms with Gasteiger partial charge in [0, 0.05) is 12.8 Å². The summed E-state index contributed by atoms with van der Waals surface area (Å²) < 4.78 is 30.6. The highest BCUT2D eigenvalue weighted by Gasteiger charge is 2.30. The van der Waals surface area contributed by atoms with Crippen molar-refractivity contribution in [3.8, 4) is 0 Å². The largest absolute Gasteiger partial charge is 0.472 e. The molecule has 0 aromatic heterocycles. The van der Waals surface area contributed by atoms with Crippen molar-refractivity contribution in [3.05, 3.63) is 85.1 Å². The number of likely N-dealkylation sites (N-methyl/N-ethyl adjacent to an activating group) is 1. The van der Waals surface area contributed by atoms with Crippen molar-refractivity contribution < 1.29 is 37.3 Å². The fourth-order valence-electron chi connectivity index (χ4n) is 8.20. The number of ether oxygens (including phenoxy) is 1. The molecule has 0 spiro atoms. The van der Waals surface area contributed by atoms with Crippen LogP contribution in [0.25, 0.3) is 0 Å². The second-order valence-electron chi connectivity index (χ2n) is 21.1. The van der Waals surface area contributed by atoms with Crippen LogP contribution in [0.1, 0.15) is 252 Å². The van der Waals surface area contributed by atoms with E-state index in [1.165, 1.54) is 103 Å². The molecular formula is C63H114N2O7P+. The lowest BCUT2D eigenvalue weighted by Crippen LogP contribution is -2.47. The highest BCUT2D eigenvalue weighted by molar-refractivity contribution is 7.47. The highest BCUT2D eigenvalue weighted by Crippen LogP contribution is 2.43. The average Bonchev–Trinajstić information content (AvgIpc) is 3.35. The molecule has 3 unspecified atom stereocenters. The Hall–Kier alpha value is -2.81. The number of amides is 1. The van der Waals surface area contributed by atoms with Gasteiger partial charge in [-0.05, 0) is 102 Å². The molecule has 10 heteroatoms. The van der Waals surface area contributed by atoms with E-state index >= 15 is 0 Å². The molecule has 0 bridgehead atoms. The number of rotatable bonds is 53. The summed E-state index contributed by atoms with van der Waals surface area (Å²) in [5, 5.41) is 3.04. The number of allylic oxidation sites excluding steroid dienone is 13. The molecule has 1 amide bonds. The molecule has 0 aromatic rings. The average molecular weight is 1040 g/mol. The number of hydrogen-bond acceptors (Lipinski definition) is 6. The van der Waals surface area contributed by atoms with E-state index in [2.05, 4.69) is 99.0 Å². The van der Waals surface area contributed by atoms with Crippen LogP contribution in [0.15, 0.2) is 85.1 Å². The zero-order valence-corrected chi connectivity index (χ0v) is 49.0. The van der Waals surface area contributed by atoms with Crippen LogP contribution in [-0.2, 0) is 27.9 Å². The minimum absolute atomic E-state index is 0.0299. The lowest BCUT2D eigenvalue weighted by atomic mass is 10.0. The second kappa shape index (κ2) is 52.6. The van der Waals surface area contributed by atoms with E-state index < -0.39 is 20.0 Å². The minimum atomic E-state index is -4.46. The summed E-state index contributed by atoms with van der Waals surface area (Å²) >= 11 is 0. The molecule has 0 fully saturated rings.